The van der Waals surface area contributed by atoms with Gasteiger partial charge in [-0.3, -0.25) is 9.20 Å². The van der Waals surface area contributed by atoms with Gasteiger partial charge < -0.3 is 10.1 Å². The van der Waals surface area contributed by atoms with E-state index in [4.69, 9.17) is 9.72 Å². The number of hydrogen-bond acceptors (Lipinski definition) is 4. The molecule has 0 unspecified atom stereocenters. The highest BCUT2D eigenvalue weighted by Crippen LogP contribution is 2.30. The van der Waals surface area contributed by atoms with Gasteiger partial charge in [-0.15, -0.1) is 11.3 Å². The smallest absolute Gasteiger partial charge is 0.226 e. The highest BCUT2D eigenvalue weighted by molar-refractivity contribution is 7.15. The summed E-state index contributed by atoms with van der Waals surface area (Å²) in [5.74, 6) is 0.873. The summed E-state index contributed by atoms with van der Waals surface area (Å²) >= 11 is 1.56. The first-order valence-electron chi connectivity index (χ1n) is 10.2. The summed E-state index contributed by atoms with van der Waals surface area (Å²) in [7, 11) is 1.66. The van der Waals surface area contributed by atoms with Crippen molar-refractivity contribution in [3.8, 4) is 17.0 Å². The molecule has 2 heterocycles. The van der Waals surface area contributed by atoms with E-state index in [0.717, 1.165) is 46.9 Å². The maximum Gasteiger partial charge on any atom is 0.226 e. The lowest BCUT2D eigenvalue weighted by Gasteiger charge is -2.26. The van der Waals surface area contributed by atoms with Crippen molar-refractivity contribution >= 4 is 22.2 Å². The van der Waals surface area contributed by atoms with E-state index in [9.17, 15) is 4.79 Å². The summed E-state index contributed by atoms with van der Waals surface area (Å²) in [6.07, 6.45) is 5.55. The topological polar surface area (TPSA) is 55.6 Å². The molecule has 4 aromatic rings. The number of nitrogens with zero attached hydrogens (tertiary/aromatic N) is 2. The average Bonchev–Trinajstić information content (AvgIpc) is 3.36. The molecule has 5 rings (SSSR count). The number of aromatic nitrogens is 2. The first kappa shape index (κ1) is 18.9. The Morgan fingerprint density at radius 1 is 1.23 bits per heavy atom. The standard InChI is InChI=1S/C24H23N3O2S/c1-29-19-11-9-17(10-12-19)22-14-27-18(15-30-24(27)26-22)13-23(28)25-21-8-4-6-16-5-2-3-7-20(16)21/h2-3,5,7,9-12,14-15,21H,4,6,8,13H2,1H3,(H,25,28)/t21-/m1/s1. The predicted octanol–water partition coefficient (Wildman–Crippen LogP) is 4.81. The molecule has 0 fully saturated rings. The fourth-order valence-electron chi connectivity index (χ4n) is 4.17. The number of thiazole rings is 1. The summed E-state index contributed by atoms with van der Waals surface area (Å²) in [6.45, 7) is 0. The van der Waals surface area contributed by atoms with Gasteiger partial charge in [-0.05, 0) is 54.7 Å². The molecule has 5 nitrogen and oxygen atoms in total. The molecule has 6 heteroatoms. The van der Waals surface area contributed by atoms with Gasteiger partial charge in [0.05, 0.1) is 25.3 Å². The van der Waals surface area contributed by atoms with E-state index in [-0.39, 0.29) is 11.9 Å². The molecule has 0 saturated carbocycles. The average molecular weight is 418 g/mol. The van der Waals surface area contributed by atoms with Gasteiger partial charge in [0, 0.05) is 22.8 Å². The fraction of sp³-hybridized carbons (Fsp3) is 0.250. The molecule has 0 aliphatic heterocycles. The van der Waals surface area contributed by atoms with Crippen LogP contribution in [0.4, 0.5) is 0 Å². The maximum absolute atomic E-state index is 12.8. The minimum atomic E-state index is 0.0519. The van der Waals surface area contributed by atoms with Gasteiger partial charge >= 0.3 is 0 Å². The van der Waals surface area contributed by atoms with Crippen LogP contribution in [-0.2, 0) is 17.6 Å². The van der Waals surface area contributed by atoms with Crippen LogP contribution < -0.4 is 10.1 Å². The van der Waals surface area contributed by atoms with Crippen LogP contribution in [-0.4, -0.2) is 22.4 Å². The van der Waals surface area contributed by atoms with E-state index in [2.05, 4.69) is 29.6 Å². The lowest BCUT2D eigenvalue weighted by atomic mass is 9.87. The minimum absolute atomic E-state index is 0.0519. The van der Waals surface area contributed by atoms with Crippen LogP contribution in [0.15, 0.2) is 60.1 Å². The zero-order valence-electron chi connectivity index (χ0n) is 16.8. The summed E-state index contributed by atoms with van der Waals surface area (Å²) in [4.78, 5) is 18.4. The Balaban J connectivity index is 1.33. The van der Waals surface area contributed by atoms with Gasteiger partial charge in [0.2, 0.25) is 5.91 Å². The lowest BCUT2D eigenvalue weighted by Crippen LogP contribution is -2.32. The summed E-state index contributed by atoms with van der Waals surface area (Å²) < 4.78 is 7.25. The number of ether oxygens (including phenoxy) is 1. The van der Waals surface area contributed by atoms with Crippen molar-refractivity contribution in [2.45, 2.75) is 31.7 Å². The quantitative estimate of drug-likeness (QED) is 0.507. The zero-order valence-corrected chi connectivity index (χ0v) is 17.6. The van der Waals surface area contributed by atoms with Crippen LogP contribution in [0.5, 0.6) is 5.75 Å². The van der Waals surface area contributed by atoms with Crippen LogP contribution in [0.2, 0.25) is 0 Å². The van der Waals surface area contributed by atoms with Crippen molar-refractivity contribution in [3.63, 3.8) is 0 Å². The van der Waals surface area contributed by atoms with Crippen LogP contribution >= 0.6 is 11.3 Å². The van der Waals surface area contributed by atoms with Gasteiger partial charge in [0.25, 0.3) is 0 Å². The molecule has 0 bridgehead atoms. The third-order valence-corrected chi connectivity index (χ3v) is 6.60. The number of carbonyl (C=O) groups excluding carboxylic acids is 1. The maximum atomic E-state index is 12.8. The van der Waals surface area contributed by atoms with Gasteiger partial charge in [-0.2, -0.15) is 0 Å². The van der Waals surface area contributed by atoms with Crippen LogP contribution in [0, 0.1) is 0 Å². The van der Waals surface area contributed by atoms with Crippen molar-refractivity contribution in [1.29, 1.82) is 0 Å². The number of amides is 1. The van der Waals surface area contributed by atoms with Crippen molar-refractivity contribution in [2.75, 3.05) is 7.11 Å². The van der Waals surface area contributed by atoms with Gasteiger partial charge in [-0.25, -0.2) is 4.98 Å². The molecule has 1 atom stereocenters. The molecule has 1 amide bonds. The number of methoxy groups -OCH3 is 1. The zero-order chi connectivity index (χ0) is 20.5. The largest absolute Gasteiger partial charge is 0.497 e. The Bertz CT molecular complexity index is 1190. The summed E-state index contributed by atoms with van der Waals surface area (Å²) in [5.41, 5.74) is 5.50. The van der Waals surface area contributed by atoms with E-state index < -0.39 is 0 Å². The summed E-state index contributed by atoms with van der Waals surface area (Å²) in [6, 6.07) is 16.4. The van der Waals surface area contributed by atoms with E-state index >= 15 is 0 Å². The molecule has 0 saturated heterocycles. The Morgan fingerprint density at radius 3 is 2.90 bits per heavy atom. The Kier molecular flexibility index (Phi) is 5.01. The normalized spacial score (nSPS) is 15.7. The first-order chi connectivity index (χ1) is 14.7. The van der Waals surface area contributed by atoms with Crippen molar-refractivity contribution in [2.24, 2.45) is 0 Å². The number of benzene rings is 2. The number of rotatable bonds is 5. The molecule has 1 aliphatic carbocycles. The minimum Gasteiger partial charge on any atom is -0.497 e. The second kappa shape index (κ2) is 7.95. The van der Waals surface area contributed by atoms with E-state index in [1.807, 2.05) is 40.2 Å². The molecule has 152 valence electrons. The molecule has 30 heavy (non-hydrogen) atoms. The number of imidazole rings is 1. The number of aryl methyl sites for hydroxylation is 1. The third kappa shape index (κ3) is 3.59. The number of carbonyl (C=O) groups is 1. The number of hydrogen-bond donors (Lipinski definition) is 1. The molecule has 1 N–H and O–H groups in total. The second-order valence-electron chi connectivity index (χ2n) is 7.62. The fourth-order valence-corrected chi connectivity index (χ4v) is 5.04. The van der Waals surface area contributed by atoms with Gasteiger partial charge in [0.15, 0.2) is 4.96 Å². The second-order valence-corrected chi connectivity index (χ2v) is 8.46. The Labute approximate surface area is 179 Å². The molecule has 2 aromatic heterocycles. The SMILES string of the molecule is COc1ccc(-c2cn3c(CC(=O)N[C@@H]4CCCc5ccccc54)csc3n2)cc1. The highest BCUT2D eigenvalue weighted by atomic mass is 32.1. The van der Waals surface area contributed by atoms with Crippen molar-refractivity contribution in [1.82, 2.24) is 14.7 Å². The number of nitrogens with one attached hydrogen (secondary N) is 1. The summed E-state index contributed by atoms with van der Waals surface area (Å²) in [5, 5.41) is 5.27. The Hall–Kier alpha value is -3.12. The predicted molar refractivity (Wildman–Crippen MR) is 119 cm³/mol. The van der Waals surface area contributed by atoms with Gasteiger partial charge in [-0.1, -0.05) is 24.3 Å². The Morgan fingerprint density at radius 2 is 2.07 bits per heavy atom. The highest BCUT2D eigenvalue weighted by Gasteiger charge is 2.22. The van der Waals surface area contributed by atoms with Crippen LogP contribution in [0.3, 0.4) is 0 Å². The van der Waals surface area contributed by atoms with Crippen LogP contribution in [0.25, 0.3) is 16.2 Å². The van der Waals surface area contributed by atoms with E-state index in [0.29, 0.717) is 6.42 Å². The van der Waals surface area contributed by atoms with E-state index in [1.165, 1.54) is 11.1 Å². The lowest BCUT2D eigenvalue weighted by molar-refractivity contribution is -0.121. The molecule has 2 aromatic carbocycles. The molecule has 1 aliphatic rings. The number of fused-ring (bicyclic) bond motifs is 2. The van der Waals surface area contributed by atoms with Crippen molar-refractivity contribution in [3.05, 3.63) is 76.9 Å². The molecular weight excluding hydrogens is 394 g/mol. The third-order valence-electron chi connectivity index (χ3n) is 5.72. The van der Waals surface area contributed by atoms with Crippen molar-refractivity contribution < 1.29 is 9.53 Å². The monoisotopic (exact) mass is 417 g/mol. The molecule has 0 radical (unpaired) electrons. The van der Waals surface area contributed by atoms with Gasteiger partial charge in [0.1, 0.15) is 5.75 Å². The molecular formula is C24H23N3O2S. The van der Waals surface area contributed by atoms with Crippen LogP contribution in [0.1, 0.15) is 35.7 Å². The van der Waals surface area contributed by atoms with E-state index in [1.54, 1.807) is 18.4 Å². The molecule has 0 spiro atoms. The first-order valence-corrected chi connectivity index (χ1v) is 11.1.